The summed E-state index contributed by atoms with van der Waals surface area (Å²) in [5.41, 5.74) is 8.18. The van der Waals surface area contributed by atoms with E-state index in [1.54, 1.807) is 7.11 Å². The van der Waals surface area contributed by atoms with Gasteiger partial charge in [-0.05, 0) is 18.6 Å². The summed E-state index contributed by atoms with van der Waals surface area (Å²) in [6, 6.07) is 8.41. The number of hydrogen-bond donors (Lipinski definition) is 2. The monoisotopic (exact) mass is 218 g/mol. The number of aromatic amines is 1. The number of benzene rings is 1. The van der Waals surface area contributed by atoms with E-state index in [1.165, 1.54) is 11.1 Å². The Balaban J connectivity index is 2.36. The van der Waals surface area contributed by atoms with Gasteiger partial charge in [0, 0.05) is 23.5 Å². The van der Waals surface area contributed by atoms with E-state index in [1.807, 2.05) is 12.1 Å². The third-order valence-corrected chi connectivity index (χ3v) is 2.90. The minimum Gasteiger partial charge on any atom is -0.495 e. The molecule has 1 unspecified atom stereocenters. The van der Waals surface area contributed by atoms with Gasteiger partial charge in [0.25, 0.3) is 0 Å². The lowest BCUT2D eigenvalue weighted by Crippen LogP contribution is -2.21. The molecule has 0 bridgehead atoms. The number of para-hydroxylation sites is 1. The van der Waals surface area contributed by atoms with Gasteiger partial charge in [-0.2, -0.15) is 0 Å². The topological polar surface area (TPSA) is 51.0 Å². The molecule has 0 saturated carbocycles. The molecule has 2 rings (SSSR count). The van der Waals surface area contributed by atoms with Crippen molar-refractivity contribution < 1.29 is 4.74 Å². The molecule has 0 radical (unpaired) electrons. The molecule has 1 heterocycles. The highest BCUT2D eigenvalue weighted by Crippen LogP contribution is 2.25. The van der Waals surface area contributed by atoms with Crippen LogP contribution < -0.4 is 10.5 Å². The number of ether oxygens (including phenoxy) is 1. The van der Waals surface area contributed by atoms with Crippen LogP contribution in [0.4, 0.5) is 0 Å². The summed E-state index contributed by atoms with van der Waals surface area (Å²) in [6.45, 7) is 2.11. The first kappa shape index (κ1) is 11.0. The number of fused-ring (bicyclic) bond motifs is 1. The number of rotatable bonds is 4. The molecular formula is C13H18N2O. The maximum absolute atomic E-state index is 5.95. The zero-order valence-corrected chi connectivity index (χ0v) is 9.79. The Morgan fingerprint density at radius 3 is 2.94 bits per heavy atom. The highest BCUT2D eigenvalue weighted by molar-refractivity contribution is 5.86. The second-order valence-electron chi connectivity index (χ2n) is 4.09. The lowest BCUT2D eigenvalue weighted by Gasteiger charge is -2.05. The Bertz CT molecular complexity index is 476. The Labute approximate surface area is 95.6 Å². The van der Waals surface area contributed by atoms with Gasteiger partial charge in [0.05, 0.1) is 12.6 Å². The van der Waals surface area contributed by atoms with Gasteiger partial charge in [-0.3, -0.25) is 0 Å². The number of methoxy groups -OCH3 is 1. The Morgan fingerprint density at radius 2 is 2.25 bits per heavy atom. The van der Waals surface area contributed by atoms with E-state index in [0.717, 1.165) is 24.1 Å². The molecule has 0 aliphatic heterocycles. The second-order valence-corrected chi connectivity index (χ2v) is 4.09. The third-order valence-electron chi connectivity index (χ3n) is 2.90. The van der Waals surface area contributed by atoms with Crippen LogP contribution in [0.15, 0.2) is 24.3 Å². The van der Waals surface area contributed by atoms with Gasteiger partial charge in [0.2, 0.25) is 0 Å². The number of nitrogens with one attached hydrogen (secondary N) is 1. The molecule has 1 atom stereocenters. The summed E-state index contributed by atoms with van der Waals surface area (Å²) in [6.07, 6.45) is 1.88. The van der Waals surface area contributed by atoms with E-state index in [-0.39, 0.29) is 6.04 Å². The van der Waals surface area contributed by atoms with Crippen LogP contribution in [0, 0.1) is 0 Å². The van der Waals surface area contributed by atoms with Gasteiger partial charge < -0.3 is 15.5 Å². The van der Waals surface area contributed by atoms with E-state index in [4.69, 9.17) is 10.5 Å². The Morgan fingerprint density at radius 1 is 1.44 bits per heavy atom. The second kappa shape index (κ2) is 4.58. The van der Waals surface area contributed by atoms with E-state index in [0.29, 0.717) is 0 Å². The average molecular weight is 218 g/mol. The molecule has 0 amide bonds. The van der Waals surface area contributed by atoms with Crippen molar-refractivity contribution >= 4 is 10.9 Å². The first-order valence-corrected chi connectivity index (χ1v) is 5.64. The van der Waals surface area contributed by atoms with Crippen LogP contribution in [0.25, 0.3) is 10.9 Å². The molecule has 3 heteroatoms. The zero-order valence-electron chi connectivity index (χ0n) is 9.79. The van der Waals surface area contributed by atoms with E-state index in [2.05, 4.69) is 24.0 Å². The van der Waals surface area contributed by atoms with Crippen LogP contribution in [0.5, 0.6) is 5.75 Å². The molecule has 0 saturated heterocycles. The summed E-state index contributed by atoms with van der Waals surface area (Å²) >= 11 is 0. The van der Waals surface area contributed by atoms with Gasteiger partial charge in [-0.25, -0.2) is 0 Å². The SMILES string of the molecule is CCC(N)Cc1cc2cccc(OC)c2[nH]1. The molecule has 1 aromatic heterocycles. The summed E-state index contributed by atoms with van der Waals surface area (Å²) in [5, 5.41) is 1.18. The Kier molecular flexibility index (Phi) is 3.15. The van der Waals surface area contributed by atoms with Crippen molar-refractivity contribution in [2.75, 3.05) is 7.11 Å². The normalized spacial score (nSPS) is 12.9. The van der Waals surface area contributed by atoms with Crippen LogP contribution in [0.3, 0.4) is 0 Å². The molecule has 0 aliphatic carbocycles. The maximum Gasteiger partial charge on any atom is 0.142 e. The molecule has 3 nitrogen and oxygen atoms in total. The zero-order chi connectivity index (χ0) is 11.5. The molecule has 0 spiro atoms. The molecule has 3 N–H and O–H groups in total. The van der Waals surface area contributed by atoms with Gasteiger partial charge in [0.1, 0.15) is 5.75 Å². The fourth-order valence-corrected chi connectivity index (χ4v) is 1.89. The first-order chi connectivity index (χ1) is 7.74. The van der Waals surface area contributed by atoms with Crippen molar-refractivity contribution in [1.82, 2.24) is 4.98 Å². The molecule has 16 heavy (non-hydrogen) atoms. The number of aromatic nitrogens is 1. The number of nitrogens with two attached hydrogens (primary N) is 1. The smallest absolute Gasteiger partial charge is 0.142 e. The van der Waals surface area contributed by atoms with Crippen LogP contribution in [0.1, 0.15) is 19.0 Å². The predicted molar refractivity (Wildman–Crippen MR) is 66.8 cm³/mol. The van der Waals surface area contributed by atoms with Gasteiger partial charge >= 0.3 is 0 Å². The molecule has 0 aliphatic rings. The van der Waals surface area contributed by atoms with Crippen molar-refractivity contribution in [3.8, 4) is 5.75 Å². The van der Waals surface area contributed by atoms with Crippen molar-refractivity contribution in [3.05, 3.63) is 30.0 Å². The number of hydrogen-bond acceptors (Lipinski definition) is 2. The molecule has 2 aromatic rings. The lowest BCUT2D eigenvalue weighted by atomic mass is 10.1. The Hall–Kier alpha value is -1.48. The molecule has 86 valence electrons. The summed E-state index contributed by atoms with van der Waals surface area (Å²) < 4.78 is 5.31. The molecular weight excluding hydrogens is 200 g/mol. The third kappa shape index (κ3) is 2.04. The van der Waals surface area contributed by atoms with Gasteiger partial charge in [0.15, 0.2) is 0 Å². The maximum atomic E-state index is 5.95. The lowest BCUT2D eigenvalue weighted by molar-refractivity contribution is 0.419. The number of H-pyrrole nitrogens is 1. The van der Waals surface area contributed by atoms with Crippen molar-refractivity contribution in [1.29, 1.82) is 0 Å². The van der Waals surface area contributed by atoms with Crippen molar-refractivity contribution in [2.45, 2.75) is 25.8 Å². The summed E-state index contributed by atoms with van der Waals surface area (Å²) in [7, 11) is 1.69. The van der Waals surface area contributed by atoms with Crippen LogP contribution in [-0.2, 0) is 6.42 Å². The van der Waals surface area contributed by atoms with E-state index in [9.17, 15) is 0 Å². The van der Waals surface area contributed by atoms with Crippen molar-refractivity contribution in [3.63, 3.8) is 0 Å². The quantitative estimate of drug-likeness (QED) is 0.828. The van der Waals surface area contributed by atoms with Crippen LogP contribution >= 0.6 is 0 Å². The standard InChI is InChI=1S/C13H18N2O/c1-3-10(14)8-11-7-9-5-4-6-12(16-2)13(9)15-11/h4-7,10,15H,3,8,14H2,1-2H3. The summed E-state index contributed by atoms with van der Waals surface area (Å²) in [4.78, 5) is 3.38. The largest absolute Gasteiger partial charge is 0.495 e. The average Bonchev–Trinajstić information content (AvgIpc) is 2.70. The highest BCUT2D eigenvalue weighted by Gasteiger charge is 2.07. The fourth-order valence-electron chi connectivity index (χ4n) is 1.89. The van der Waals surface area contributed by atoms with E-state index >= 15 is 0 Å². The fraction of sp³-hybridized carbons (Fsp3) is 0.385. The van der Waals surface area contributed by atoms with Crippen LogP contribution in [0.2, 0.25) is 0 Å². The highest BCUT2D eigenvalue weighted by atomic mass is 16.5. The minimum atomic E-state index is 0.221. The minimum absolute atomic E-state index is 0.221. The van der Waals surface area contributed by atoms with E-state index < -0.39 is 0 Å². The van der Waals surface area contributed by atoms with Crippen LogP contribution in [-0.4, -0.2) is 18.1 Å². The van der Waals surface area contributed by atoms with Crippen molar-refractivity contribution in [2.24, 2.45) is 5.73 Å². The predicted octanol–water partition coefficient (Wildman–Crippen LogP) is 2.46. The van der Waals surface area contributed by atoms with Gasteiger partial charge in [-0.15, -0.1) is 0 Å². The van der Waals surface area contributed by atoms with Gasteiger partial charge in [-0.1, -0.05) is 19.1 Å². The first-order valence-electron chi connectivity index (χ1n) is 5.64. The molecule has 1 aromatic carbocycles. The summed E-state index contributed by atoms with van der Waals surface area (Å²) in [5.74, 6) is 0.883. The molecule has 0 fully saturated rings.